The topological polar surface area (TPSA) is 97.2 Å². The molecule has 0 aliphatic carbocycles. The van der Waals surface area contributed by atoms with Crippen molar-refractivity contribution in [3.8, 4) is 0 Å². The van der Waals surface area contributed by atoms with Gasteiger partial charge in [0.2, 0.25) is 11.7 Å². The van der Waals surface area contributed by atoms with E-state index in [-0.39, 0.29) is 17.4 Å². The normalized spacial score (nSPS) is 11.5. The predicted molar refractivity (Wildman–Crippen MR) is 82.3 cm³/mol. The second-order valence-corrected chi connectivity index (χ2v) is 4.70. The predicted octanol–water partition coefficient (Wildman–Crippen LogP) is 2.11. The van der Waals surface area contributed by atoms with E-state index < -0.39 is 11.0 Å². The Morgan fingerprint density at radius 2 is 2.00 bits per heavy atom. The van der Waals surface area contributed by atoms with Crippen LogP contribution in [0.3, 0.4) is 0 Å². The van der Waals surface area contributed by atoms with E-state index in [9.17, 15) is 14.9 Å². The maximum absolute atomic E-state index is 12.0. The molecule has 1 amide bonds. The first-order chi connectivity index (χ1) is 10.6. The van der Waals surface area contributed by atoms with Crippen LogP contribution in [0.2, 0.25) is 0 Å². The van der Waals surface area contributed by atoms with Crippen LogP contribution in [0.4, 0.5) is 11.5 Å². The van der Waals surface area contributed by atoms with E-state index in [4.69, 9.17) is 0 Å². The number of nitrogens with one attached hydrogen (secondary N) is 2. The van der Waals surface area contributed by atoms with Gasteiger partial charge in [-0.05, 0) is 18.6 Å². The number of nitro groups is 1. The molecule has 22 heavy (non-hydrogen) atoms. The number of hydrogen-bond donors (Lipinski definition) is 2. The van der Waals surface area contributed by atoms with E-state index in [1.165, 1.54) is 18.3 Å². The van der Waals surface area contributed by atoms with E-state index in [0.29, 0.717) is 6.54 Å². The Bertz CT molecular complexity index is 661. The van der Waals surface area contributed by atoms with Crippen LogP contribution in [0, 0.1) is 10.1 Å². The van der Waals surface area contributed by atoms with Crippen molar-refractivity contribution in [1.82, 2.24) is 10.3 Å². The average molecular weight is 300 g/mol. The Kier molecular flexibility index (Phi) is 5.02. The van der Waals surface area contributed by atoms with Crippen molar-refractivity contribution >= 4 is 17.4 Å². The van der Waals surface area contributed by atoms with Crippen LogP contribution in [-0.4, -0.2) is 21.9 Å². The van der Waals surface area contributed by atoms with E-state index >= 15 is 0 Å². The molecule has 1 aromatic carbocycles. The first-order valence-corrected chi connectivity index (χ1v) is 6.75. The summed E-state index contributed by atoms with van der Waals surface area (Å²) in [4.78, 5) is 26.3. The van der Waals surface area contributed by atoms with Gasteiger partial charge in [0.15, 0.2) is 0 Å². The maximum Gasteiger partial charge on any atom is 0.311 e. The quantitative estimate of drug-likeness (QED) is 0.629. The molecule has 0 spiro atoms. The fourth-order valence-corrected chi connectivity index (χ4v) is 1.86. The summed E-state index contributed by atoms with van der Waals surface area (Å²) in [6.45, 7) is 2.02. The Morgan fingerprint density at radius 3 is 2.68 bits per heavy atom. The lowest BCUT2D eigenvalue weighted by Gasteiger charge is -2.14. The summed E-state index contributed by atoms with van der Waals surface area (Å²) in [6, 6.07) is 11.7. The highest BCUT2D eigenvalue weighted by atomic mass is 16.6. The molecule has 2 aromatic rings. The van der Waals surface area contributed by atoms with Gasteiger partial charge in [0, 0.05) is 18.8 Å². The molecule has 0 radical (unpaired) electrons. The SMILES string of the molecule is CC(Nc1ncccc1[N+](=O)[O-])C(=O)NCc1ccccc1. The number of aromatic nitrogens is 1. The summed E-state index contributed by atoms with van der Waals surface area (Å²) < 4.78 is 0. The minimum Gasteiger partial charge on any atom is -0.353 e. The van der Waals surface area contributed by atoms with Gasteiger partial charge in [0.05, 0.1) is 4.92 Å². The summed E-state index contributed by atoms with van der Waals surface area (Å²) >= 11 is 0. The van der Waals surface area contributed by atoms with Crippen molar-refractivity contribution in [1.29, 1.82) is 0 Å². The van der Waals surface area contributed by atoms with E-state index in [1.807, 2.05) is 30.3 Å². The summed E-state index contributed by atoms with van der Waals surface area (Å²) in [7, 11) is 0. The lowest BCUT2D eigenvalue weighted by atomic mass is 10.2. The van der Waals surface area contributed by atoms with Gasteiger partial charge in [-0.25, -0.2) is 4.98 Å². The van der Waals surface area contributed by atoms with Gasteiger partial charge in [-0.1, -0.05) is 30.3 Å². The Hall–Kier alpha value is -2.96. The average Bonchev–Trinajstić information content (AvgIpc) is 2.53. The number of anilines is 1. The van der Waals surface area contributed by atoms with Crippen molar-refractivity contribution in [3.63, 3.8) is 0 Å². The molecule has 0 saturated heterocycles. The fraction of sp³-hybridized carbons (Fsp3) is 0.200. The van der Waals surface area contributed by atoms with Gasteiger partial charge in [0.25, 0.3) is 0 Å². The molecule has 0 aliphatic rings. The lowest BCUT2D eigenvalue weighted by molar-refractivity contribution is -0.384. The van der Waals surface area contributed by atoms with Crippen LogP contribution >= 0.6 is 0 Å². The van der Waals surface area contributed by atoms with E-state index in [2.05, 4.69) is 15.6 Å². The molecule has 1 aromatic heterocycles. The van der Waals surface area contributed by atoms with Crippen molar-refractivity contribution in [2.24, 2.45) is 0 Å². The molecule has 1 unspecified atom stereocenters. The van der Waals surface area contributed by atoms with Crippen molar-refractivity contribution < 1.29 is 9.72 Å². The third-order valence-corrected chi connectivity index (χ3v) is 3.04. The molecule has 1 atom stereocenters. The van der Waals surface area contributed by atoms with Gasteiger partial charge < -0.3 is 10.6 Å². The van der Waals surface area contributed by atoms with Crippen LogP contribution in [-0.2, 0) is 11.3 Å². The third kappa shape index (κ3) is 4.02. The zero-order valence-electron chi connectivity index (χ0n) is 12.0. The fourth-order valence-electron chi connectivity index (χ4n) is 1.86. The number of amides is 1. The minimum atomic E-state index is -0.641. The molecule has 7 nitrogen and oxygen atoms in total. The molecule has 0 fully saturated rings. The third-order valence-electron chi connectivity index (χ3n) is 3.04. The number of carbonyl (C=O) groups excluding carboxylic acids is 1. The number of pyridine rings is 1. The molecular weight excluding hydrogens is 284 g/mol. The second-order valence-electron chi connectivity index (χ2n) is 4.70. The summed E-state index contributed by atoms with van der Waals surface area (Å²) in [5.41, 5.74) is 0.817. The minimum absolute atomic E-state index is 0.0786. The molecule has 1 heterocycles. The zero-order valence-corrected chi connectivity index (χ0v) is 12.0. The first-order valence-electron chi connectivity index (χ1n) is 6.75. The van der Waals surface area contributed by atoms with Crippen LogP contribution in [0.15, 0.2) is 48.7 Å². The van der Waals surface area contributed by atoms with Crippen molar-refractivity contribution in [2.75, 3.05) is 5.32 Å². The number of carbonyl (C=O) groups is 1. The maximum atomic E-state index is 12.0. The molecule has 2 N–H and O–H groups in total. The Labute approximate surface area is 127 Å². The van der Waals surface area contributed by atoms with Gasteiger partial charge >= 0.3 is 5.69 Å². The molecule has 2 rings (SSSR count). The summed E-state index contributed by atoms with van der Waals surface area (Å²) in [5.74, 6) is -0.182. The van der Waals surface area contributed by atoms with Gasteiger partial charge in [-0.3, -0.25) is 14.9 Å². The molecule has 0 saturated carbocycles. The Morgan fingerprint density at radius 1 is 1.27 bits per heavy atom. The van der Waals surface area contributed by atoms with Gasteiger partial charge in [0.1, 0.15) is 6.04 Å². The highest BCUT2D eigenvalue weighted by Gasteiger charge is 2.19. The van der Waals surface area contributed by atoms with E-state index in [0.717, 1.165) is 5.56 Å². The van der Waals surface area contributed by atoms with Crippen molar-refractivity contribution in [3.05, 3.63) is 64.3 Å². The Balaban J connectivity index is 1.96. The smallest absolute Gasteiger partial charge is 0.311 e. The molecule has 0 aliphatic heterocycles. The zero-order chi connectivity index (χ0) is 15.9. The summed E-state index contributed by atoms with van der Waals surface area (Å²) in [5, 5.41) is 16.4. The number of rotatable bonds is 6. The number of nitrogens with zero attached hydrogens (tertiary/aromatic N) is 2. The standard InChI is InChI=1S/C15H16N4O3/c1-11(15(20)17-10-12-6-3-2-4-7-12)18-14-13(19(21)22)8-5-9-16-14/h2-9,11H,10H2,1H3,(H,16,18)(H,17,20). The molecular formula is C15H16N4O3. The number of hydrogen-bond acceptors (Lipinski definition) is 5. The van der Waals surface area contributed by atoms with Crippen LogP contribution < -0.4 is 10.6 Å². The monoisotopic (exact) mass is 300 g/mol. The van der Waals surface area contributed by atoms with Gasteiger partial charge in [-0.15, -0.1) is 0 Å². The summed E-state index contributed by atoms with van der Waals surface area (Å²) in [6.07, 6.45) is 1.43. The lowest BCUT2D eigenvalue weighted by Crippen LogP contribution is -2.37. The second kappa shape index (κ2) is 7.16. The highest BCUT2D eigenvalue weighted by molar-refractivity contribution is 5.84. The molecule has 114 valence electrons. The molecule has 0 bridgehead atoms. The largest absolute Gasteiger partial charge is 0.353 e. The van der Waals surface area contributed by atoms with Crippen LogP contribution in [0.1, 0.15) is 12.5 Å². The molecule has 7 heteroatoms. The number of benzene rings is 1. The highest BCUT2D eigenvalue weighted by Crippen LogP contribution is 2.20. The van der Waals surface area contributed by atoms with Crippen molar-refractivity contribution in [2.45, 2.75) is 19.5 Å². The van der Waals surface area contributed by atoms with E-state index in [1.54, 1.807) is 6.92 Å². The van der Waals surface area contributed by atoms with Crippen LogP contribution in [0.5, 0.6) is 0 Å². The van der Waals surface area contributed by atoms with Crippen LogP contribution in [0.25, 0.3) is 0 Å². The van der Waals surface area contributed by atoms with Gasteiger partial charge in [-0.2, -0.15) is 0 Å². The first kappa shape index (κ1) is 15.4.